The SMILES string of the molecule is NCc1conc1-c1ccccc1F. The van der Waals surface area contributed by atoms with Gasteiger partial charge in [-0.05, 0) is 12.1 Å². The minimum absolute atomic E-state index is 0.285. The summed E-state index contributed by atoms with van der Waals surface area (Å²) in [6.07, 6.45) is 1.43. The summed E-state index contributed by atoms with van der Waals surface area (Å²) in [5, 5.41) is 3.72. The Labute approximate surface area is 80.3 Å². The van der Waals surface area contributed by atoms with Crippen molar-refractivity contribution in [2.75, 3.05) is 0 Å². The molecule has 0 bridgehead atoms. The van der Waals surface area contributed by atoms with Crippen molar-refractivity contribution in [1.29, 1.82) is 0 Å². The Morgan fingerprint density at radius 1 is 1.36 bits per heavy atom. The zero-order valence-electron chi connectivity index (χ0n) is 7.40. The average Bonchev–Trinajstić information content (AvgIpc) is 2.66. The van der Waals surface area contributed by atoms with Gasteiger partial charge in [0.05, 0.1) is 0 Å². The molecule has 0 aliphatic carbocycles. The van der Waals surface area contributed by atoms with E-state index >= 15 is 0 Å². The predicted molar refractivity (Wildman–Crippen MR) is 49.8 cm³/mol. The van der Waals surface area contributed by atoms with Gasteiger partial charge in [-0.2, -0.15) is 0 Å². The number of nitrogens with zero attached hydrogens (tertiary/aromatic N) is 1. The molecule has 0 aliphatic heterocycles. The van der Waals surface area contributed by atoms with Crippen LogP contribution in [0.1, 0.15) is 5.56 Å². The lowest BCUT2D eigenvalue weighted by Crippen LogP contribution is -1.97. The lowest BCUT2D eigenvalue weighted by atomic mass is 10.1. The zero-order chi connectivity index (χ0) is 9.97. The van der Waals surface area contributed by atoms with Gasteiger partial charge in [-0.15, -0.1) is 0 Å². The highest BCUT2D eigenvalue weighted by molar-refractivity contribution is 5.62. The maximum atomic E-state index is 13.3. The van der Waals surface area contributed by atoms with Crippen molar-refractivity contribution >= 4 is 0 Å². The number of aromatic nitrogens is 1. The molecule has 1 aromatic heterocycles. The molecule has 72 valence electrons. The fourth-order valence-electron chi connectivity index (χ4n) is 1.28. The first kappa shape index (κ1) is 8.90. The molecule has 0 unspecified atom stereocenters. The lowest BCUT2D eigenvalue weighted by molar-refractivity contribution is 0.421. The molecule has 0 saturated heterocycles. The van der Waals surface area contributed by atoms with Crippen molar-refractivity contribution in [3.63, 3.8) is 0 Å². The first-order valence-corrected chi connectivity index (χ1v) is 4.21. The second kappa shape index (κ2) is 3.59. The first-order valence-electron chi connectivity index (χ1n) is 4.21. The van der Waals surface area contributed by atoms with Gasteiger partial charge in [-0.25, -0.2) is 4.39 Å². The first-order chi connectivity index (χ1) is 6.83. The van der Waals surface area contributed by atoms with E-state index in [1.807, 2.05) is 0 Å². The van der Waals surface area contributed by atoms with Crippen LogP contribution in [0.15, 0.2) is 35.1 Å². The lowest BCUT2D eigenvalue weighted by Gasteiger charge is -1.99. The van der Waals surface area contributed by atoms with Gasteiger partial charge in [0.1, 0.15) is 17.8 Å². The van der Waals surface area contributed by atoms with Gasteiger partial charge in [-0.3, -0.25) is 0 Å². The third-order valence-electron chi connectivity index (χ3n) is 1.99. The van der Waals surface area contributed by atoms with Crippen LogP contribution in [0.2, 0.25) is 0 Å². The highest BCUT2D eigenvalue weighted by Crippen LogP contribution is 2.24. The summed E-state index contributed by atoms with van der Waals surface area (Å²) in [5.41, 5.74) is 7.06. The normalized spacial score (nSPS) is 10.4. The summed E-state index contributed by atoms with van der Waals surface area (Å²) in [6.45, 7) is 0.285. The van der Waals surface area contributed by atoms with Crippen LogP contribution in [0.5, 0.6) is 0 Å². The molecule has 0 amide bonds. The van der Waals surface area contributed by atoms with Crippen LogP contribution in [0.3, 0.4) is 0 Å². The smallest absolute Gasteiger partial charge is 0.132 e. The maximum absolute atomic E-state index is 13.3. The third-order valence-corrected chi connectivity index (χ3v) is 1.99. The van der Waals surface area contributed by atoms with Crippen LogP contribution in [0, 0.1) is 5.82 Å². The molecule has 0 radical (unpaired) electrons. The van der Waals surface area contributed by atoms with E-state index in [1.54, 1.807) is 18.2 Å². The second-order valence-electron chi connectivity index (χ2n) is 2.87. The Balaban J connectivity index is 2.54. The number of hydrogen-bond donors (Lipinski definition) is 1. The molecule has 0 saturated carbocycles. The van der Waals surface area contributed by atoms with Gasteiger partial charge < -0.3 is 10.3 Å². The fourth-order valence-corrected chi connectivity index (χ4v) is 1.28. The van der Waals surface area contributed by atoms with E-state index in [0.717, 1.165) is 0 Å². The van der Waals surface area contributed by atoms with E-state index < -0.39 is 0 Å². The number of hydrogen-bond acceptors (Lipinski definition) is 3. The minimum atomic E-state index is -0.323. The van der Waals surface area contributed by atoms with Crippen molar-refractivity contribution in [2.24, 2.45) is 5.73 Å². The number of rotatable bonds is 2. The van der Waals surface area contributed by atoms with E-state index in [2.05, 4.69) is 5.16 Å². The highest BCUT2D eigenvalue weighted by atomic mass is 19.1. The van der Waals surface area contributed by atoms with E-state index in [1.165, 1.54) is 12.3 Å². The Hall–Kier alpha value is -1.68. The molecule has 14 heavy (non-hydrogen) atoms. The van der Waals surface area contributed by atoms with E-state index in [9.17, 15) is 4.39 Å². The topological polar surface area (TPSA) is 52.0 Å². The number of nitrogens with two attached hydrogens (primary N) is 1. The number of benzene rings is 1. The molecule has 2 rings (SSSR count). The van der Waals surface area contributed by atoms with Crippen LogP contribution >= 0.6 is 0 Å². The van der Waals surface area contributed by atoms with Crippen molar-refractivity contribution < 1.29 is 8.91 Å². The van der Waals surface area contributed by atoms with E-state index in [0.29, 0.717) is 16.8 Å². The van der Waals surface area contributed by atoms with Gasteiger partial charge >= 0.3 is 0 Å². The van der Waals surface area contributed by atoms with Gasteiger partial charge in [0, 0.05) is 17.7 Å². The van der Waals surface area contributed by atoms with Gasteiger partial charge in [0.15, 0.2) is 0 Å². The minimum Gasteiger partial charge on any atom is -0.364 e. The van der Waals surface area contributed by atoms with Crippen LogP contribution < -0.4 is 5.73 Å². The Bertz CT molecular complexity index is 439. The quantitative estimate of drug-likeness (QED) is 0.791. The van der Waals surface area contributed by atoms with Crippen LogP contribution in [-0.4, -0.2) is 5.16 Å². The molecular weight excluding hydrogens is 183 g/mol. The molecule has 3 nitrogen and oxygen atoms in total. The van der Waals surface area contributed by atoms with Crippen LogP contribution in [-0.2, 0) is 6.54 Å². The summed E-state index contributed by atoms with van der Waals surface area (Å²) in [5.74, 6) is -0.323. The van der Waals surface area contributed by atoms with Crippen LogP contribution in [0.25, 0.3) is 11.3 Å². The maximum Gasteiger partial charge on any atom is 0.132 e. The van der Waals surface area contributed by atoms with Crippen molar-refractivity contribution in [1.82, 2.24) is 5.16 Å². The largest absolute Gasteiger partial charge is 0.364 e. The Kier molecular flexibility index (Phi) is 2.28. The van der Waals surface area contributed by atoms with Gasteiger partial charge in [0.25, 0.3) is 0 Å². The molecule has 1 aromatic carbocycles. The molecule has 2 N–H and O–H groups in total. The monoisotopic (exact) mass is 192 g/mol. The van der Waals surface area contributed by atoms with Crippen molar-refractivity contribution in [3.8, 4) is 11.3 Å². The molecule has 0 fully saturated rings. The van der Waals surface area contributed by atoms with Crippen LogP contribution in [0.4, 0.5) is 4.39 Å². The molecule has 0 spiro atoms. The highest BCUT2D eigenvalue weighted by Gasteiger charge is 2.12. The summed E-state index contributed by atoms with van der Waals surface area (Å²) < 4.78 is 18.1. The van der Waals surface area contributed by atoms with Gasteiger partial charge in [0.2, 0.25) is 0 Å². The average molecular weight is 192 g/mol. The zero-order valence-corrected chi connectivity index (χ0v) is 7.40. The van der Waals surface area contributed by atoms with Crippen molar-refractivity contribution in [2.45, 2.75) is 6.54 Å². The second-order valence-corrected chi connectivity index (χ2v) is 2.87. The Morgan fingerprint density at radius 2 is 2.14 bits per heavy atom. The molecular formula is C10H9FN2O. The summed E-state index contributed by atoms with van der Waals surface area (Å²) in [4.78, 5) is 0. The van der Waals surface area contributed by atoms with Gasteiger partial charge in [-0.1, -0.05) is 17.3 Å². The van der Waals surface area contributed by atoms with E-state index in [-0.39, 0.29) is 12.4 Å². The molecule has 0 atom stereocenters. The third kappa shape index (κ3) is 1.40. The summed E-state index contributed by atoms with van der Waals surface area (Å²) in [7, 11) is 0. The molecule has 2 aromatic rings. The van der Waals surface area contributed by atoms with E-state index in [4.69, 9.17) is 10.3 Å². The summed E-state index contributed by atoms with van der Waals surface area (Å²) in [6, 6.07) is 6.39. The molecule has 1 heterocycles. The fraction of sp³-hybridized carbons (Fsp3) is 0.100. The summed E-state index contributed by atoms with van der Waals surface area (Å²) >= 11 is 0. The predicted octanol–water partition coefficient (Wildman–Crippen LogP) is 1.94. The Morgan fingerprint density at radius 3 is 2.86 bits per heavy atom. The molecule has 0 aliphatic rings. The number of halogens is 1. The molecule has 4 heteroatoms. The standard InChI is InChI=1S/C10H9FN2O/c11-9-4-2-1-3-8(9)10-7(5-12)6-14-13-10/h1-4,6H,5,12H2. The van der Waals surface area contributed by atoms with Crippen molar-refractivity contribution in [3.05, 3.63) is 41.9 Å².